The summed E-state index contributed by atoms with van der Waals surface area (Å²) in [5.41, 5.74) is 0.707. The molecule has 0 saturated heterocycles. The molecule has 0 saturated carbocycles. The lowest BCUT2D eigenvalue weighted by Gasteiger charge is -2.10. The van der Waals surface area contributed by atoms with Crippen molar-refractivity contribution in [1.29, 1.82) is 0 Å². The molecule has 1 aromatic carbocycles. The number of hydrogen-bond donors (Lipinski definition) is 1. The van der Waals surface area contributed by atoms with Crippen molar-refractivity contribution >= 4 is 50.8 Å². The number of carbonyl (C=O) groups is 1. The minimum absolute atomic E-state index is 0.0988. The van der Waals surface area contributed by atoms with E-state index in [4.69, 9.17) is 4.74 Å². The third kappa shape index (κ3) is 3.17. The lowest BCUT2D eigenvalue weighted by Crippen LogP contribution is -2.12. The average molecular weight is 457 g/mol. The number of benzene rings is 1. The molecule has 3 aromatic rings. The van der Waals surface area contributed by atoms with Gasteiger partial charge in [-0.3, -0.25) is 4.98 Å². The van der Waals surface area contributed by atoms with Crippen LogP contribution in [0.25, 0.3) is 10.9 Å². The van der Waals surface area contributed by atoms with Gasteiger partial charge in [0.15, 0.2) is 11.5 Å². The van der Waals surface area contributed by atoms with Crippen LogP contribution in [0.4, 0.5) is 20.2 Å². The first-order valence-electron chi connectivity index (χ1n) is 7.45. The highest BCUT2D eigenvalue weighted by Gasteiger charge is 2.25. The summed E-state index contributed by atoms with van der Waals surface area (Å²) >= 11 is 2.00. The zero-order chi connectivity index (χ0) is 18.1. The van der Waals surface area contributed by atoms with Gasteiger partial charge in [-0.2, -0.15) is 0 Å². The van der Waals surface area contributed by atoms with E-state index in [1.807, 2.05) is 22.6 Å². The van der Waals surface area contributed by atoms with Gasteiger partial charge in [0.2, 0.25) is 0 Å². The Morgan fingerprint density at radius 1 is 1.32 bits per heavy atom. The van der Waals surface area contributed by atoms with Crippen molar-refractivity contribution in [3.63, 3.8) is 0 Å². The highest BCUT2D eigenvalue weighted by atomic mass is 127. The molecule has 2 heterocycles. The highest BCUT2D eigenvalue weighted by Crippen LogP contribution is 2.34. The number of aryl methyl sites for hydroxylation is 1. The zero-order valence-corrected chi connectivity index (χ0v) is 15.6. The Hall–Kier alpha value is -2.23. The third-order valence-electron chi connectivity index (χ3n) is 3.71. The number of ether oxygens (including phenoxy) is 1. The van der Waals surface area contributed by atoms with E-state index in [-0.39, 0.29) is 29.2 Å². The Morgan fingerprint density at radius 2 is 2.08 bits per heavy atom. The third-order valence-corrected chi connectivity index (χ3v) is 4.38. The summed E-state index contributed by atoms with van der Waals surface area (Å²) in [5, 5.41) is 3.26. The number of hydrogen-bond acceptors (Lipinski definition) is 4. The van der Waals surface area contributed by atoms with Crippen molar-refractivity contribution in [1.82, 2.24) is 9.55 Å². The highest BCUT2D eigenvalue weighted by molar-refractivity contribution is 14.1. The van der Waals surface area contributed by atoms with Crippen LogP contribution >= 0.6 is 22.6 Å². The number of nitrogens with zero attached hydrogens (tertiary/aromatic N) is 2. The monoisotopic (exact) mass is 457 g/mol. The summed E-state index contributed by atoms with van der Waals surface area (Å²) in [6.07, 6.45) is 2.49. The van der Waals surface area contributed by atoms with E-state index in [0.717, 1.165) is 9.77 Å². The second kappa shape index (κ2) is 6.95. The van der Waals surface area contributed by atoms with E-state index in [2.05, 4.69) is 10.3 Å². The van der Waals surface area contributed by atoms with Crippen molar-refractivity contribution in [2.24, 2.45) is 7.05 Å². The van der Waals surface area contributed by atoms with Crippen LogP contribution in [0.2, 0.25) is 0 Å². The molecular weight excluding hydrogens is 443 g/mol. The molecule has 0 unspecified atom stereocenters. The SMILES string of the molecule is CCOC(=O)c1c(Nc2ccc(I)cc2F)c2cncc(F)c2n1C. The zero-order valence-electron chi connectivity index (χ0n) is 13.4. The van der Waals surface area contributed by atoms with Gasteiger partial charge in [-0.25, -0.2) is 13.6 Å². The van der Waals surface area contributed by atoms with Crippen LogP contribution in [0.15, 0.2) is 30.6 Å². The van der Waals surface area contributed by atoms with Crippen molar-refractivity contribution in [2.45, 2.75) is 6.92 Å². The topological polar surface area (TPSA) is 56.1 Å². The largest absolute Gasteiger partial charge is 0.461 e. The van der Waals surface area contributed by atoms with Crippen LogP contribution in [0.5, 0.6) is 0 Å². The fourth-order valence-electron chi connectivity index (χ4n) is 2.65. The Balaban J connectivity index is 2.23. The quantitative estimate of drug-likeness (QED) is 0.467. The van der Waals surface area contributed by atoms with Crippen LogP contribution in [-0.2, 0) is 11.8 Å². The van der Waals surface area contributed by atoms with E-state index in [9.17, 15) is 13.6 Å². The maximum atomic E-state index is 14.2. The van der Waals surface area contributed by atoms with Crippen LogP contribution in [0.1, 0.15) is 17.4 Å². The Morgan fingerprint density at radius 3 is 2.76 bits per heavy atom. The molecule has 0 amide bonds. The van der Waals surface area contributed by atoms with Gasteiger partial charge < -0.3 is 14.6 Å². The number of aromatic nitrogens is 2. The van der Waals surface area contributed by atoms with E-state index in [1.165, 1.54) is 16.8 Å². The molecule has 25 heavy (non-hydrogen) atoms. The summed E-state index contributed by atoms with van der Waals surface area (Å²) in [6.45, 7) is 1.84. The molecule has 0 aliphatic heterocycles. The Kier molecular flexibility index (Phi) is 4.89. The smallest absolute Gasteiger partial charge is 0.357 e. The molecular formula is C17H14F2IN3O2. The number of pyridine rings is 1. The number of rotatable bonds is 4. The molecule has 0 fully saturated rings. The van der Waals surface area contributed by atoms with E-state index >= 15 is 0 Å². The molecule has 0 radical (unpaired) electrons. The van der Waals surface area contributed by atoms with E-state index < -0.39 is 17.6 Å². The van der Waals surface area contributed by atoms with Crippen LogP contribution in [0.3, 0.4) is 0 Å². The first kappa shape index (κ1) is 17.6. The molecule has 0 aliphatic carbocycles. The summed E-state index contributed by atoms with van der Waals surface area (Å²) < 4.78 is 35.6. The van der Waals surface area contributed by atoms with Crippen molar-refractivity contribution < 1.29 is 18.3 Å². The Labute approximate surface area is 156 Å². The van der Waals surface area contributed by atoms with Gasteiger partial charge in [0.05, 0.1) is 29.7 Å². The molecule has 3 rings (SSSR count). The van der Waals surface area contributed by atoms with Crippen molar-refractivity contribution in [3.8, 4) is 0 Å². The standard InChI is InChI=1S/C17H14F2IN3O2/c1-3-25-17(24)16-14(22-13-5-4-9(20)6-11(13)18)10-7-21-8-12(19)15(10)23(16)2/h4-8,22H,3H2,1-2H3. The maximum Gasteiger partial charge on any atom is 0.357 e. The molecule has 0 aliphatic rings. The molecule has 0 bridgehead atoms. The molecule has 1 N–H and O–H groups in total. The van der Waals surface area contributed by atoms with Gasteiger partial charge in [-0.05, 0) is 47.7 Å². The molecule has 130 valence electrons. The summed E-state index contributed by atoms with van der Waals surface area (Å²) in [6, 6.07) is 4.63. The van der Waals surface area contributed by atoms with Crippen LogP contribution in [-0.4, -0.2) is 22.1 Å². The number of fused-ring (bicyclic) bond motifs is 1. The van der Waals surface area contributed by atoms with Gasteiger partial charge in [0.1, 0.15) is 5.82 Å². The van der Waals surface area contributed by atoms with Gasteiger partial charge >= 0.3 is 5.97 Å². The van der Waals surface area contributed by atoms with Crippen molar-refractivity contribution in [3.05, 3.63) is 51.5 Å². The van der Waals surface area contributed by atoms with Crippen molar-refractivity contribution in [2.75, 3.05) is 11.9 Å². The Bertz CT molecular complexity index is 972. The summed E-state index contributed by atoms with van der Waals surface area (Å²) in [5.74, 6) is -1.70. The molecule has 0 spiro atoms. The number of anilines is 2. The first-order chi connectivity index (χ1) is 11.9. The van der Waals surface area contributed by atoms with Gasteiger partial charge in [0, 0.05) is 22.2 Å². The van der Waals surface area contributed by atoms with Gasteiger partial charge in [-0.15, -0.1) is 0 Å². The average Bonchev–Trinajstić information content (AvgIpc) is 2.84. The second-order valence-corrected chi connectivity index (χ2v) is 6.52. The number of nitrogens with one attached hydrogen (secondary N) is 1. The van der Waals surface area contributed by atoms with E-state index in [0.29, 0.717) is 5.39 Å². The maximum absolute atomic E-state index is 14.2. The van der Waals surface area contributed by atoms with E-state index in [1.54, 1.807) is 26.1 Å². The number of halogens is 3. The van der Waals surface area contributed by atoms with Gasteiger partial charge in [0.25, 0.3) is 0 Å². The lowest BCUT2D eigenvalue weighted by atomic mass is 10.2. The first-order valence-corrected chi connectivity index (χ1v) is 8.53. The van der Waals surface area contributed by atoms with Crippen LogP contribution < -0.4 is 5.32 Å². The predicted octanol–water partition coefficient (Wildman–Crippen LogP) is 4.38. The minimum atomic E-state index is -0.631. The fourth-order valence-corrected chi connectivity index (χ4v) is 3.10. The molecule has 8 heteroatoms. The van der Waals surface area contributed by atoms with Gasteiger partial charge in [-0.1, -0.05) is 0 Å². The number of esters is 1. The predicted molar refractivity (Wildman–Crippen MR) is 99.0 cm³/mol. The number of carbonyl (C=O) groups excluding carboxylic acids is 1. The summed E-state index contributed by atoms with van der Waals surface area (Å²) in [7, 11) is 1.55. The normalized spacial score (nSPS) is 10.9. The molecule has 0 atom stereocenters. The lowest BCUT2D eigenvalue weighted by molar-refractivity contribution is 0.0517. The molecule has 5 nitrogen and oxygen atoms in total. The minimum Gasteiger partial charge on any atom is -0.461 e. The molecule has 2 aromatic heterocycles. The second-order valence-electron chi connectivity index (χ2n) is 5.27. The fraction of sp³-hybridized carbons (Fsp3) is 0.176. The summed E-state index contributed by atoms with van der Waals surface area (Å²) in [4.78, 5) is 16.2. The van der Waals surface area contributed by atoms with Crippen LogP contribution in [0, 0.1) is 15.2 Å².